The second-order valence-electron chi connectivity index (χ2n) is 5.16. The number of primary amides is 1. The number of nitrogens with one attached hydrogen (secondary N) is 1. The van der Waals surface area contributed by atoms with Crippen molar-refractivity contribution in [1.29, 1.82) is 0 Å². The average Bonchev–Trinajstić information content (AvgIpc) is 2.57. The van der Waals surface area contributed by atoms with Crippen molar-refractivity contribution in [1.82, 2.24) is 10.2 Å². The van der Waals surface area contributed by atoms with Gasteiger partial charge in [-0.15, -0.1) is 0 Å². The highest BCUT2D eigenvalue weighted by molar-refractivity contribution is 6.36. The summed E-state index contributed by atoms with van der Waals surface area (Å²) in [5.41, 5.74) is 5.89. The first-order valence-electron chi connectivity index (χ1n) is 6.30. The number of hydrogen-bond acceptors (Lipinski definition) is 2. The predicted octanol–water partition coefficient (Wildman–Crippen LogP) is 2.33. The van der Waals surface area contributed by atoms with Gasteiger partial charge in [0.25, 0.3) is 0 Å². The smallest absolute Gasteiger partial charge is 0.315 e. The lowest BCUT2D eigenvalue weighted by molar-refractivity contribution is 0.0997. The summed E-state index contributed by atoms with van der Waals surface area (Å²) in [6.45, 7) is 1.41. The van der Waals surface area contributed by atoms with Crippen molar-refractivity contribution < 1.29 is 4.79 Å². The minimum Gasteiger partial charge on any atom is -0.351 e. The number of rotatable bonds is 1. The van der Waals surface area contributed by atoms with Gasteiger partial charge >= 0.3 is 6.03 Å². The molecule has 2 aliphatic heterocycles. The third-order valence-corrected chi connectivity index (χ3v) is 4.81. The lowest BCUT2D eigenvalue weighted by atomic mass is 9.86. The van der Waals surface area contributed by atoms with E-state index in [-0.39, 0.29) is 6.04 Å². The minimum absolute atomic E-state index is 0.124. The van der Waals surface area contributed by atoms with Crippen LogP contribution >= 0.6 is 23.2 Å². The number of halogens is 2. The SMILES string of the molecule is NC(=O)N1C2CCC1(c1c(Cl)cccc1Cl)CNC2. The fraction of sp³-hybridized carbons (Fsp3) is 0.462. The number of carbonyl (C=O) groups is 1. The highest BCUT2D eigenvalue weighted by Crippen LogP contribution is 2.48. The number of carbonyl (C=O) groups excluding carboxylic acids is 1. The third kappa shape index (κ3) is 1.82. The van der Waals surface area contributed by atoms with Gasteiger partial charge in [0, 0.05) is 34.7 Å². The molecule has 3 rings (SSSR count). The van der Waals surface area contributed by atoms with Crippen LogP contribution in [-0.4, -0.2) is 30.1 Å². The monoisotopic (exact) mass is 299 g/mol. The number of hydrogen-bond donors (Lipinski definition) is 2. The molecule has 1 aromatic carbocycles. The van der Waals surface area contributed by atoms with Crippen LogP contribution in [-0.2, 0) is 5.54 Å². The minimum atomic E-state index is -0.510. The molecular weight excluding hydrogens is 285 g/mol. The summed E-state index contributed by atoms with van der Waals surface area (Å²) in [6.07, 6.45) is 1.74. The summed E-state index contributed by atoms with van der Waals surface area (Å²) >= 11 is 12.7. The zero-order valence-electron chi connectivity index (χ0n) is 10.3. The molecule has 0 saturated carbocycles. The van der Waals surface area contributed by atoms with Gasteiger partial charge in [-0.25, -0.2) is 4.79 Å². The summed E-state index contributed by atoms with van der Waals surface area (Å²) in [5.74, 6) is 0. The number of fused-ring (bicyclic) bond motifs is 2. The molecule has 0 aromatic heterocycles. The zero-order valence-corrected chi connectivity index (χ0v) is 11.8. The number of nitrogens with zero attached hydrogens (tertiary/aromatic N) is 1. The van der Waals surface area contributed by atoms with Gasteiger partial charge in [0.05, 0.1) is 5.54 Å². The van der Waals surface area contributed by atoms with Crippen molar-refractivity contribution in [2.75, 3.05) is 13.1 Å². The van der Waals surface area contributed by atoms with Crippen LogP contribution in [0.3, 0.4) is 0 Å². The van der Waals surface area contributed by atoms with Gasteiger partial charge in [-0.05, 0) is 25.0 Å². The number of nitrogens with two attached hydrogens (primary N) is 1. The summed E-state index contributed by atoms with van der Waals surface area (Å²) in [7, 11) is 0. The van der Waals surface area contributed by atoms with E-state index in [1.54, 1.807) is 17.0 Å². The molecule has 0 aliphatic carbocycles. The Morgan fingerprint density at radius 2 is 2.11 bits per heavy atom. The Bertz CT molecular complexity index is 512. The lowest BCUT2D eigenvalue weighted by Crippen LogP contribution is -2.61. The molecule has 2 atom stereocenters. The van der Waals surface area contributed by atoms with E-state index in [9.17, 15) is 4.79 Å². The third-order valence-electron chi connectivity index (χ3n) is 4.18. The summed E-state index contributed by atoms with van der Waals surface area (Å²) < 4.78 is 0. The number of urea groups is 1. The maximum absolute atomic E-state index is 11.9. The molecule has 0 spiro atoms. The van der Waals surface area contributed by atoms with Crippen LogP contribution in [0.15, 0.2) is 18.2 Å². The molecule has 2 bridgehead atoms. The van der Waals surface area contributed by atoms with E-state index in [4.69, 9.17) is 28.9 Å². The van der Waals surface area contributed by atoms with Crippen molar-refractivity contribution in [2.24, 2.45) is 5.73 Å². The molecule has 2 unspecified atom stereocenters. The van der Waals surface area contributed by atoms with E-state index in [0.29, 0.717) is 16.6 Å². The van der Waals surface area contributed by atoms with Gasteiger partial charge < -0.3 is 16.0 Å². The summed E-state index contributed by atoms with van der Waals surface area (Å²) in [6, 6.07) is 5.14. The highest BCUT2D eigenvalue weighted by atomic mass is 35.5. The van der Waals surface area contributed by atoms with Crippen molar-refractivity contribution >= 4 is 29.2 Å². The summed E-state index contributed by atoms with van der Waals surface area (Å²) in [5, 5.41) is 4.53. The van der Waals surface area contributed by atoms with Gasteiger partial charge in [-0.2, -0.15) is 0 Å². The van der Waals surface area contributed by atoms with Gasteiger partial charge in [-0.3, -0.25) is 0 Å². The highest BCUT2D eigenvalue weighted by Gasteiger charge is 2.53. The first-order chi connectivity index (χ1) is 9.06. The van der Waals surface area contributed by atoms with Crippen LogP contribution in [0.2, 0.25) is 10.0 Å². The second kappa shape index (κ2) is 4.54. The van der Waals surface area contributed by atoms with Crippen molar-refractivity contribution in [3.8, 4) is 0 Å². The molecule has 1 aromatic rings. The van der Waals surface area contributed by atoms with Crippen LogP contribution in [0.4, 0.5) is 4.79 Å². The van der Waals surface area contributed by atoms with E-state index >= 15 is 0 Å². The average molecular weight is 300 g/mol. The van der Waals surface area contributed by atoms with Gasteiger partial charge in [0.1, 0.15) is 0 Å². The standard InChI is InChI=1S/C13H15Cl2N3O/c14-9-2-1-3-10(15)11(9)13-5-4-8(6-17-7-13)18(13)12(16)19/h1-3,8,17H,4-7H2,(H2,16,19). The van der Waals surface area contributed by atoms with E-state index in [1.165, 1.54) is 0 Å². The molecule has 0 radical (unpaired) electrons. The first-order valence-corrected chi connectivity index (χ1v) is 7.06. The normalized spacial score (nSPS) is 29.6. The fourth-order valence-corrected chi connectivity index (χ4v) is 4.23. The van der Waals surface area contributed by atoms with Gasteiger partial charge in [-0.1, -0.05) is 29.3 Å². The Kier molecular flexibility index (Phi) is 3.12. The van der Waals surface area contributed by atoms with E-state index in [0.717, 1.165) is 24.9 Å². The zero-order chi connectivity index (χ0) is 13.6. The first kappa shape index (κ1) is 13.0. The Hall–Kier alpha value is -0.970. The van der Waals surface area contributed by atoms with E-state index < -0.39 is 11.6 Å². The molecule has 4 nitrogen and oxygen atoms in total. The fourth-order valence-electron chi connectivity index (χ4n) is 3.48. The predicted molar refractivity (Wildman–Crippen MR) is 75.5 cm³/mol. The van der Waals surface area contributed by atoms with Gasteiger partial charge in [0.2, 0.25) is 0 Å². The molecule has 2 heterocycles. The van der Waals surface area contributed by atoms with Crippen LogP contribution in [0.25, 0.3) is 0 Å². The molecule has 102 valence electrons. The van der Waals surface area contributed by atoms with Crippen LogP contribution in [0.1, 0.15) is 18.4 Å². The van der Waals surface area contributed by atoms with Gasteiger partial charge in [0.15, 0.2) is 0 Å². The Labute approximate surface area is 121 Å². The Balaban J connectivity index is 2.18. The molecule has 6 heteroatoms. The Morgan fingerprint density at radius 3 is 2.74 bits per heavy atom. The summed E-state index contributed by atoms with van der Waals surface area (Å²) in [4.78, 5) is 13.6. The molecule has 2 saturated heterocycles. The van der Waals surface area contributed by atoms with Crippen LogP contribution in [0.5, 0.6) is 0 Å². The topological polar surface area (TPSA) is 58.4 Å². The second-order valence-corrected chi connectivity index (χ2v) is 5.97. The van der Waals surface area contributed by atoms with Crippen molar-refractivity contribution in [3.63, 3.8) is 0 Å². The maximum atomic E-state index is 11.9. The quantitative estimate of drug-likeness (QED) is 0.836. The van der Waals surface area contributed by atoms with E-state index in [2.05, 4.69) is 5.32 Å². The molecule has 2 fully saturated rings. The molecule has 2 aliphatic rings. The van der Waals surface area contributed by atoms with Crippen LogP contribution in [0, 0.1) is 0 Å². The maximum Gasteiger partial charge on any atom is 0.315 e. The number of piperazine rings is 1. The van der Waals surface area contributed by atoms with Crippen LogP contribution < -0.4 is 11.1 Å². The molecule has 3 N–H and O–H groups in total. The molecule has 2 amide bonds. The lowest BCUT2D eigenvalue weighted by Gasteiger charge is -2.45. The van der Waals surface area contributed by atoms with E-state index in [1.807, 2.05) is 6.07 Å². The Morgan fingerprint density at radius 1 is 1.42 bits per heavy atom. The van der Waals surface area contributed by atoms with Crippen molar-refractivity contribution in [3.05, 3.63) is 33.8 Å². The molecule has 19 heavy (non-hydrogen) atoms. The largest absolute Gasteiger partial charge is 0.351 e. The van der Waals surface area contributed by atoms with Crippen molar-refractivity contribution in [2.45, 2.75) is 24.4 Å². The molecular formula is C13H15Cl2N3O. The number of benzene rings is 1. The number of amides is 2.